The first-order chi connectivity index (χ1) is 43.7. The van der Waals surface area contributed by atoms with Crippen molar-refractivity contribution in [3.63, 3.8) is 0 Å². The van der Waals surface area contributed by atoms with Crippen molar-refractivity contribution < 1.29 is 93.1 Å². The minimum Gasteiger partial charge on any atom is -0.480 e. The zero-order valence-corrected chi connectivity index (χ0v) is 52.5. The lowest BCUT2D eigenvalue weighted by Crippen LogP contribution is -2.52. The number of hydrogen-bond acceptors (Lipinski definition) is 19. The van der Waals surface area contributed by atoms with Crippen LogP contribution in [0.25, 0.3) is 0 Å². The maximum Gasteiger partial charge on any atom is 0.475 e. The van der Waals surface area contributed by atoms with Gasteiger partial charge in [0, 0.05) is 116 Å². The van der Waals surface area contributed by atoms with Crippen molar-refractivity contribution in [1.82, 2.24) is 56.4 Å². The van der Waals surface area contributed by atoms with Crippen LogP contribution in [0.15, 0.2) is 29.3 Å². The maximum absolute atomic E-state index is 13.2. The first kappa shape index (κ1) is 78.2. The molecule has 0 spiro atoms. The van der Waals surface area contributed by atoms with E-state index in [0.717, 1.165) is 5.56 Å². The van der Waals surface area contributed by atoms with Crippen LogP contribution in [-0.2, 0) is 59.3 Å². The first-order valence-corrected chi connectivity index (χ1v) is 31.3. The van der Waals surface area contributed by atoms with Crippen molar-refractivity contribution in [3.05, 3.63) is 35.4 Å². The Balaban J connectivity index is 1.36. The van der Waals surface area contributed by atoms with Gasteiger partial charge < -0.3 is 83.8 Å². The minimum atomic E-state index is -1.67. The van der Waals surface area contributed by atoms with E-state index < -0.39 is 116 Å². The summed E-state index contributed by atoms with van der Waals surface area (Å²) < 4.78 is 0. The number of benzene rings is 1. The Morgan fingerprint density at radius 2 is 1.05 bits per heavy atom. The number of amides is 7. The zero-order valence-electron chi connectivity index (χ0n) is 52.5. The molecule has 0 radical (unpaired) electrons. The molecule has 33 nitrogen and oxygen atoms in total. The van der Waals surface area contributed by atoms with Gasteiger partial charge >= 0.3 is 37.0 Å². The summed E-state index contributed by atoms with van der Waals surface area (Å²) in [5.74, 6) is -9.74. The van der Waals surface area contributed by atoms with E-state index in [-0.39, 0.29) is 142 Å². The molecule has 1 aromatic rings. The fraction of sp³-hybridized carbons (Fsp3) is 0.672. The second-order valence-electron chi connectivity index (χ2n) is 22.9. The van der Waals surface area contributed by atoms with Crippen molar-refractivity contribution in [2.45, 2.75) is 153 Å². The van der Waals surface area contributed by atoms with Gasteiger partial charge in [0.05, 0.1) is 25.6 Å². The second-order valence-corrected chi connectivity index (χ2v) is 22.9. The van der Waals surface area contributed by atoms with E-state index in [1.165, 1.54) is 11.8 Å². The third-order valence-electron chi connectivity index (χ3n) is 15.6. The number of hydrogen-bond donors (Lipinski definition) is 15. The highest BCUT2D eigenvalue weighted by Crippen LogP contribution is 2.20. The monoisotopic (exact) mass is 1300 g/mol. The molecule has 7 amide bonds. The Kier molecular flexibility index (Phi) is 36.5. The molecule has 2 heterocycles. The molecule has 0 bridgehead atoms. The third kappa shape index (κ3) is 32.3. The van der Waals surface area contributed by atoms with Crippen LogP contribution in [0.4, 0.5) is 0 Å². The predicted octanol–water partition coefficient (Wildman–Crippen LogP) is -3.24. The number of rotatable bonds is 41. The number of likely N-dealkylation sites (tertiary alicyclic amines) is 1. The van der Waals surface area contributed by atoms with Gasteiger partial charge in [-0.3, -0.25) is 77.3 Å². The molecule has 3 rings (SSSR count). The number of carboxylic acids is 5. The molecule has 2 saturated heterocycles. The Morgan fingerprint density at radius 3 is 1.59 bits per heavy atom. The number of nitrogens with two attached hydrogens (primary N) is 2. The maximum atomic E-state index is 13.2. The molecule has 0 aliphatic carbocycles. The van der Waals surface area contributed by atoms with Crippen molar-refractivity contribution in [2.24, 2.45) is 16.5 Å². The lowest BCUT2D eigenvalue weighted by atomic mass is 9.78. The van der Waals surface area contributed by atoms with E-state index in [2.05, 4.69) is 36.9 Å². The SMILES string of the molecule is C[C@@H](NC(=O)c1ccc(CNC(=O)CCCCNC(=O)[C@H](CCCN=C(N)N)NC(=O)CCCCCC(=O)N[C@@H](CCCCNC(=O)CC[C@H](C(=O)O)N2CCN(CC(=O)O)CCN(CC(=O)O)CCN(CC(=O)O)CC2)C(=O)O)cc1)C(=O)N1CCC[C@H]1B(O)O. The van der Waals surface area contributed by atoms with Gasteiger partial charge in [-0.25, -0.2) is 4.79 Å². The predicted molar refractivity (Wildman–Crippen MR) is 333 cm³/mol. The van der Waals surface area contributed by atoms with Crippen LogP contribution < -0.4 is 43.4 Å². The quantitative estimate of drug-likeness (QED) is 0.0133. The highest BCUT2D eigenvalue weighted by molar-refractivity contribution is 6.43. The number of unbranched alkanes of at least 4 members (excludes halogenated alkanes) is 4. The lowest BCUT2D eigenvalue weighted by molar-refractivity contribution is -0.145. The third-order valence-corrected chi connectivity index (χ3v) is 15.6. The fourth-order valence-electron chi connectivity index (χ4n) is 10.5. The summed E-state index contributed by atoms with van der Waals surface area (Å²) in [6.45, 7) is 2.35. The summed E-state index contributed by atoms with van der Waals surface area (Å²) >= 11 is 0. The van der Waals surface area contributed by atoms with E-state index >= 15 is 0 Å². The molecule has 92 heavy (non-hydrogen) atoms. The van der Waals surface area contributed by atoms with Crippen molar-refractivity contribution in [2.75, 3.05) is 98.2 Å². The Bertz CT molecular complexity index is 2590. The van der Waals surface area contributed by atoms with E-state index in [0.29, 0.717) is 76.3 Å². The van der Waals surface area contributed by atoms with E-state index in [1.54, 1.807) is 43.9 Å². The number of carboxylic acid groups (broad SMARTS) is 5. The molecule has 17 N–H and O–H groups in total. The number of nitrogens with zero attached hydrogens (tertiary/aromatic N) is 6. The van der Waals surface area contributed by atoms with Crippen LogP contribution in [0.1, 0.15) is 132 Å². The number of aliphatic imine (C=N–C) groups is 1. The number of carbonyl (C=O) groups is 12. The first-order valence-electron chi connectivity index (χ1n) is 31.3. The summed E-state index contributed by atoms with van der Waals surface area (Å²) in [5.41, 5.74) is 11.9. The number of guanidine groups is 1. The summed E-state index contributed by atoms with van der Waals surface area (Å²) in [7, 11) is -1.67. The van der Waals surface area contributed by atoms with Crippen molar-refractivity contribution in [1.29, 1.82) is 0 Å². The summed E-state index contributed by atoms with van der Waals surface area (Å²) in [6.07, 6.45) is 4.14. The molecule has 34 heteroatoms. The molecule has 5 atom stereocenters. The average molecular weight is 1300 g/mol. The van der Waals surface area contributed by atoms with Crippen LogP contribution in [0.2, 0.25) is 0 Å². The summed E-state index contributed by atoms with van der Waals surface area (Å²) in [4.78, 5) is 161. The Hall–Kier alpha value is -8.05. The van der Waals surface area contributed by atoms with Gasteiger partial charge in [0.2, 0.25) is 35.4 Å². The molecule has 0 unspecified atom stereocenters. The molecule has 1 aromatic carbocycles. The number of carbonyl (C=O) groups excluding carboxylic acids is 7. The average Bonchev–Trinajstić information content (AvgIpc) is 2.04. The molecular weight excluding hydrogens is 1210 g/mol. The van der Waals surface area contributed by atoms with Gasteiger partial charge in [-0.15, -0.1) is 0 Å². The van der Waals surface area contributed by atoms with Crippen LogP contribution in [0.3, 0.4) is 0 Å². The highest BCUT2D eigenvalue weighted by atomic mass is 16.4. The molecule has 514 valence electrons. The Morgan fingerprint density at radius 1 is 0.554 bits per heavy atom. The molecule has 2 fully saturated rings. The van der Waals surface area contributed by atoms with Crippen LogP contribution in [0, 0.1) is 0 Å². The normalized spacial score (nSPS) is 16.6. The molecule has 0 aromatic heterocycles. The van der Waals surface area contributed by atoms with Crippen LogP contribution in [0.5, 0.6) is 0 Å². The molecule has 0 saturated carbocycles. The molecule has 2 aliphatic rings. The highest BCUT2D eigenvalue weighted by Gasteiger charge is 2.39. The summed E-state index contributed by atoms with van der Waals surface area (Å²) in [6, 6.07) is 2.22. The van der Waals surface area contributed by atoms with Gasteiger partial charge in [-0.1, -0.05) is 18.6 Å². The number of aliphatic carboxylic acids is 5. The van der Waals surface area contributed by atoms with E-state index in [9.17, 15) is 93.1 Å². The summed E-state index contributed by atoms with van der Waals surface area (Å²) in [5, 5.41) is 84.0. The number of nitrogens with one attached hydrogen (secondary N) is 6. The molecular formula is C58H95BN14O19. The second kappa shape index (κ2) is 42.9. The van der Waals surface area contributed by atoms with Gasteiger partial charge in [0.1, 0.15) is 24.2 Å². The van der Waals surface area contributed by atoms with Crippen LogP contribution in [-0.4, -0.2) is 273 Å². The Labute approximate surface area is 534 Å². The standard InChI is InChI=1S/C58H95BN14O19/c1-39(55(86)73-26-10-13-45(73)59(91)92)66-53(84)41-19-17-40(18-20-41)35-65-46(74)14-6-8-24-63-54(85)42(12-9-25-64-58(60)61)67-48(76)15-3-2-4-16-49(77)68-43(56(87)88)11-5-7-23-62-47(75)22-21-44(57(89)90)72-33-31-70(37-51(80)81)29-27-69(36-50(78)79)28-30-71(32-34-72)38-52(82)83/h17-20,39,42-45,91-92H,2-16,21-38H2,1H3,(H,62,75)(H,63,85)(H,65,74)(H,66,84)(H,67,76)(H,68,77)(H,78,79)(H,80,81)(H,82,83)(H,87,88)(H,89,90)(H4,60,61,64)/t39-,42+,43+,44-,45+/m1/s1. The van der Waals surface area contributed by atoms with E-state index in [4.69, 9.17) is 11.5 Å². The van der Waals surface area contributed by atoms with Gasteiger partial charge in [0.15, 0.2) is 5.96 Å². The van der Waals surface area contributed by atoms with Gasteiger partial charge in [0.25, 0.3) is 5.91 Å². The topological polar surface area (TPSA) is 499 Å². The minimum absolute atomic E-state index is 0.0226. The van der Waals surface area contributed by atoms with Gasteiger partial charge in [-0.05, 0) is 102 Å². The van der Waals surface area contributed by atoms with Crippen molar-refractivity contribution in [3.8, 4) is 0 Å². The zero-order chi connectivity index (χ0) is 68.1. The smallest absolute Gasteiger partial charge is 0.475 e. The van der Waals surface area contributed by atoms with Crippen LogP contribution >= 0.6 is 0 Å². The fourth-order valence-corrected chi connectivity index (χ4v) is 10.5. The van der Waals surface area contributed by atoms with E-state index in [1.807, 2.05) is 0 Å². The van der Waals surface area contributed by atoms with Crippen molar-refractivity contribution >= 4 is 84.3 Å². The lowest BCUT2D eigenvalue weighted by Gasteiger charge is -2.35. The largest absolute Gasteiger partial charge is 0.480 e. The molecule has 2 aliphatic heterocycles. The van der Waals surface area contributed by atoms with Gasteiger partial charge in [-0.2, -0.15) is 0 Å².